The number of ether oxygens (including phenoxy) is 2. The summed E-state index contributed by atoms with van der Waals surface area (Å²) in [5, 5.41) is 0.503. The first-order valence-corrected chi connectivity index (χ1v) is 7.49. The first-order chi connectivity index (χ1) is 10.5. The minimum atomic E-state index is -0.393. The maximum atomic E-state index is 12.6. The standard InChI is InChI=1S/C16H22ClNO4/c1-12(16(20)22-3)11-18(8-5-9-21-2)15(19)13-6-4-7-14(17)10-13/h4,6-7,10,12H,5,8-9,11H2,1-3H3. The average molecular weight is 328 g/mol. The topological polar surface area (TPSA) is 55.8 Å². The van der Waals surface area contributed by atoms with Crippen LogP contribution in [0.1, 0.15) is 23.7 Å². The molecule has 0 aliphatic carbocycles. The van der Waals surface area contributed by atoms with E-state index in [9.17, 15) is 9.59 Å². The number of hydrogen-bond acceptors (Lipinski definition) is 4. The molecule has 1 unspecified atom stereocenters. The third-order valence-electron chi connectivity index (χ3n) is 3.23. The molecule has 0 saturated carbocycles. The van der Waals surface area contributed by atoms with Gasteiger partial charge in [-0.1, -0.05) is 24.6 Å². The Hall–Kier alpha value is -1.59. The van der Waals surface area contributed by atoms with Crippen LogP contribution in [-0.2, 0) is 14.3 Å². The molecule has 0 fully saturated rings. The van der Waals surface area contributed by atoms with Crippen LogP contribution in [-0.4, -0.2) is 50.7 Å². The highest BCUT2D eigenvalue weighted by atomic mass is 35.5. The maximum Gasteiger partial charge on any atom is 0.310 e. The van der Waals surface area contributed by atoms with Crippen LogP contribution in [0.25, 0.3) is 0 Å². The average Bonchev–Trinajstić information content (AvgIpc) is 2.52. The molecule has 6 heteroatoms. The molecule has 1 rings (SSSR count). The first kappa shape index (κ1) is 18.5. The molecule has 0 radical (unpaired) electrons. The van der Waals surface area contributed by atoms with E-state index in [1.165, 1.54) is 7.11 Å². The van der Waals surface area contributed by atoms with Gasteiger partial charge in [0.15, 0.2) is 0 Å². The summed E-state index contributed by atoms with van der Waals surface area (Å²) in [5.41, 5.74) is 0.502. The van der Waals surface area contributed by atoms with Gasteiger partial charge in [0.2, 0.25) is 0 Å². The molecule has 1 amide bonds. The molecule has 0 aromatic heterocycles. The third-order valence-corrected chi connectivity index (χ3v) is 3.47. The van der Waals surface area contributed by atoms with Crippen molar-refractivity contribution in [2.24, 2.45) is 5.92 Å². The van der Waals surface area contributed by atoms with Crippen molar-refractivity contribution in [2.75, 3.05) is 33.9 Å². The van der Waals surface area contributed by atoms with Crippen LogP contribution >= 0.6 is 11.6 Å². The van der Waals surface area contributed by atoms with E-state index < -0.39 is 5.92 Å². The molecule has 1 aromatic carbocycles. The number of esters is 1. The predicted molar refractivity (Wildman–Crippen MR) is 85.0 cm³/mol. The molecule has 0 saturated heterocycles. The number of rotatable bonds is 8. The van der Waals surface area contributed by atoms with E-state index in [2.05, 4.69) is 0 Å². The highest BCUT2D eigenvalue weighted by Crippen LogP contribution is 2.14. The van der Waals surface area contributed by atoms with Gasteiger partial charge in [-0.2, -0.15) is 0 Å². The van der Waals surface area contributed by atoms with E-state index in [-0.39, 0.29) is 11.9 Å². The summed E-state index contributed by atoms with van der Waals surface area (Å²) >= 11 is 5.93. The minimum absolute atomic E-state index is 0.158. The van der Waals surface area contributed by atoms with Gasteiger partial charge in [0.05, 0.1) is 13.0 Å². The number of halogens is 1. The van der Waals surface area contributed by atoms with Gasteiger partial charge in [-0.3, -0.25) is 9.59 Å². The van der Waals surface area contributed by atoms with Gasteiger partial charge in [0.1, 0.15) is 0 Å². The van der Waals surface area contributed by atoms with Crippen molar-refractivity contribution in [1.29, 1.82) is 0 Å². The molecule has 0 heterocycles. The van der Waals surface area contributed by atoms with Gasteiger partial charge >= 0.3 is 5.97 Å². The highest BCUT2D eigenvalue weighted by molar-refractivity contribution is 6.30. The second-order valence-electron chi connectivity index (χ2n) is 5.03. The van der Waals surface area contributed by atoms with Gasteiger partial charge < -0.3 is 14.4 Å². The SMILES string of the molecule is COCCCN(CC(C)C(=O)OC)C(=O)c1cccc(Cl)c1. The van der Waals surface area contributed by atoms with Crippen LogP contribution < -0.4 is 0 Å². The van der Waals surface area contributed by atoms with Crippen molar-refractivity contribution in [1.82, 2.24) is 4.90 Å². The summed E-state index contributed by atoms with van der Waals surface area (Å²) in [6.07, 6.45) is 0.691. The molecule has 22 heavy (non-hydrogen) atoms. The Labute approximate surface area is 136 Å². The van der Waals surface area contributed by atoms with Gasteiger partial charge in [-0.15, -0.1) is 0 Å². The molecule has 0 aliphatic heterocycles. The monoisotopic (exact) mass is 327 g/mol. The number of methoxy groups -OCH3 is 2. The number of amides is 1. The van der Waals surface area contributed by atoms with Gasteiger partial charge in [-0.05, 0) is 24.6 Å². The lowest BCUT2D eigenvalue weighted by Gasteiger charge is -2.25. The van der Waals surface area contributed by atoms with E-state index in [1.54, 1.807) is 43.2 Å². The fraction of sp³-hybridized carbons (Fsp3) is 0.500. The summed E-state index contributed by atoms with van der Waals surface area (Å²) in [5.74, 6) is -0.888. The number of nitrogens with zero attached hydrogens (tertiary/aromatic N) is 1. The molecule has 5 nitrogen and oxygen atoms in total. The first-order valence-electron chi connectivity index (χ1n) is 7.11. The summed E-state index contributed by atoms with van der Waals surface area (Å²) in [6.45, 7) is 3.08. The fourth-order valence-electron chi connectivity index (χ4n) is 2.09. The summed E-state index contributed by atoms with van der Waals surface area (Å²) in [6, 6.07) is 6.77. The molecule has 0 spiro atoms. The Kier molecular flexibility index (Phi) is 7.91. The second-order valence-corrected chi connectivity index (χ2v) is 5.47. The molecule has 1 aromatic rings. The molecule has 0 bridgehead atoms. The van der Waals surface area contributed by atoms with Crippen molar-refractivity contribution in [3.05, 3.63) is 34.9 Å². The van der Waals surface area contributed by atoms with E-state index in [4.69, 9.17) is 21.1 Å². The third kappa shape index (κ3) is 5.66. The molecule has 1 atom stereocenters. The second kappa shape index (κ2) is 9.43. The molecular weight excluding hydrogens is 306 g/mol. The van der Waals surface area contributed by atoms with Crippen LogP contribution in [0, 0.1) is 5.92 Å². The van der Waals surface area contributed by atoms with E-state index in [0.29, 0.717) is 36.7 Å². The number of carbonyl (C=O) groups excluding carboxylic acids is 2. The Morgan fingerprint density at radius 3 is 2.64 bits per heavy atom. The smallest absolute Gasteiger partial charge is 0.310 e. The van der Waals surface area contributed by atoms with Crippen LogP contribution in [0.4, 0.5) is 0 Å². The van der Waals surface area contributed by atoms with Gasteiger partial charge in [0, 0.05) is 37.4 Å². The van der Waals surface area contributed by atoms with E-state index in [0.717, 1.165) is 0 Å². The Balaban J connectivity index is 2.83. The summed E-state index contributed by atoms with van der Waals surface area (Å²) in [7, 11) is 2.95. The van der Waals surface area contributed by atoms with Crippen molar-refractivity contribution >= 4 is 23.5 Å². The Bertz CT molecular complexity index is 507. The van der Waals surface area contributed by atoms with Crippen molar-refractivity contribution in [3.63, 3.8) is 0 Å². The predicted octanol–water partition coefficient (Wildman–Crippen LogP) is 2.63. The number of carbonyl (C=O) groups is 2. The fourth-order valence-corrected chi connectivity index (χ4v) is 2.28. The molecule has 0 N–H and O–H groups in total. The zero-order valence-corrected chi connectivity index (χ0v) is 13.9. The maximum absolute atomic E-state index is 12.6. The zero-order chi connectivity index (χ0) is 16.5. The lowest BCUT2D eigenvalue weighted by molar-refractivity contribution is -0.145. The Morgan fingerprint density at radius 2 is 2.05 bits per heavy atom. The molecule has 0 aliphatic rings. The highest BCUT2D eigenvalue weighted by Gasteiger charge is 2.22. The summed E-state index contributed by atoms with van der Waals surface area (Å²) in [4.78, 5) is 25.8. The van der Waals surface area contributed by atoms with Crippen LogP contribution in [0.5, 0.6) is 0 Å². The number of benzene rings is 1. The summed E-state index contributed by atoms with van der Waals surface area (Å²) < 4.78 is 9.74. The van der Waals surface area contributed by atoms with Crippen molar-refractivity contribution in [2.45, 2.75) is 13.3 Å². The van der Waals surface area contributed by atoms with E-state index in [1.807, 2.05) is 0 Å². The molecule has 122 valence electrons. The van der Waals surface area contributed by atoms with Crippen LogP contribution in [0.15, 0.2) is 24.3 Å². The van der Waals surface area contributed by atoms with Crippen molar-refractivity contribution < 1.29 is 19.1 Å². The lowest BCUT2D eigenvalue weighted by atomic mass is 10.1. The van der Waals surface area contributed by atoms with E-state index >= 15 is 0 Å². The lowest BCUT2D eigenvalue weighted by Crippen LogP contribution is -2.38. The van der Waals surface area contributed by atoms with Gasteiger partial charge in [-0.25, -0.2) is 0 Å². The quantitative estimate of drug-likeness (QED) is 0.544. The Morgan fingerprint density at radius 1 is 1.32 bits per heavy atom. The van der Waals surface area contributed by atoms with Crippen LogP contribution in [0.3, 0.4) is 0 Å². The van der Waals surface area contributed by atoms with Gasteiger partial charge in [0.25, 0.3) is 5.91 Å². The largest absolute Gasteiger partial charge is 0.469 e. The number of hydrogen-bond donors (Lipinski definition) is 0. The molecular formula is C16H22ClNO4. The zero-order valence-electron chi connectivity index (χ0n) is 13.2. The van der Waals surface area contributed by atoms with Crippen molar-refractivity contribution in [3.8, 4) is 0 Å². The normalized spacial score (nSPS) is 11.8. The van der Waals surface area contributed by atoms with Crippen LogP contribution in [0.2, 0.25) is 5.02 Å². The minimum Gasteiger partial charge on any atom is -0.469 e.